The topological polar surface area (TPSA) is 21.3 Å². The van der Waals surface area contributed by atoms with E-state index in [0.717, 1.165) is 23.0 Å². The summed E-state index contributed by atoms with van der Waals surface area (Å²) in [5, 5.41) is 4.09. The molecule has 0 aliphatic heterocycles. The van der Waals surface area contributed by atoms with Crippen molar-refractivity contribution in [3.8, 4) is 5.75 Å². The summed E-state index contributed by atoms with van der Waals surface area (Å²) in [6.07, 6.45) is 0.0798. The van der Waals surface area contributed by atoms with E-state index in [1.807, 2.05) is 36.4 Å². The Morgan fingerprint density at radius 2 is 1.59 bits per heavy atom. The molecule has 0 unspecified atom stereocenters. The van der Waals surface area contributed by atoms with Crippen molar-refractivity contribution < 1.29 is 4.74 Å². The van der Waals surface area contributed by atoms with Gasteiger partial charge in [0.25, 0.3) is 0 Å². The molecule has 22 heavy (non-hydrogen) atoms. The van der Waals surface area contributed by atoms with Gasteiger partial charge in [-0.1, -0.05) is 44.5 Å². The van der Waals surface area contributed by atoms with Crippen LogP contribution in [0.5, 0.6) is 5.75 Å². The van der Waals surface area contributed by atoms with Crippen LogP contribution in [0, 0.1) is 0 Å². The van der Waals surface area contributed by atoms with Crippen LogP contribution in [0.25, 0.3) is 0 Å². The smallest absolute Gasteiger partial charge is 0.119 e. The van der Waals surface area contributed by atoms with Gasteiger partial charge in [0.05, 0.1) is 6.54 Å². The lowest BCUT2D eigenvalue weighted by Gasteiger charge is -2.20. The largest absolute Gasteiger partial charge is 0.489 e. The van der Waals surface area contributed by atoms with Crippen LogP contribution in [0.4, 0.5) is 5.69 Å². The highest BCUT2D eigenvalue weighted by molar-refractivity contribution is 6.30. The molecule has 0 aromatic heterocycles. The Labute approximate surface area is 138 Å². The van der Waals surface area contributed by atoms with E-state index < -0.39 is 0 Å². The zero-order valence-electron chi connectivity index (χ0n) is 13.7. The Balaban J connectivity index is 1.86. The Morgan fingerprint density at radius 3 is 2.14 bits per heavy atom. The van der Waals surface area contributed by atoms with Gasteiger partial charge in [-0.3, -0.25) is 0 Å². The Hall–Kier alpha value is -1.67. The quantitative estimate of drug-likeness (QED) is 0.784. The van der Waals surface area contributed by atoms with Crippen molar-refractivity contribution >= 4 is 17.3 Å². The minimum Gasteiger partial charge on any atom is -0.489 e. The first-order chi connectivity index (χ1) is 10.3. The summed E-state index contributed by atoms with van der Waals surface area (Å²) < 4.78 is 5.94. The van der Waals surface area contributed by atoms with Crippen molar-refractivity contribution in [1.82, 2.24) is 0 Å². The summed E-state index contributed by atoms with van der Waals surface area (Å²) in [7, 11) is 0. The molecule has 2 aromatic carbocycles. The average molecular weight is 318 g/mol. The Kier molecular flexibility index (Phi) is 5.36. The van der Waals surface area contributed by atoms with E-state index in [2.05, 4.69) is 45.1 Å². The molecular formula is C19H24ClNO. The van der Waals surface area contributed by atoms with E-state index in [1.54, 1.807) is 0 Å². The van der Waals surface area contributed by atoms with Gasteiger partial charge in [0.1, 0.15) is 11.9 Å². The molecule has 0 fully saturated rings. The van der Waals surface area contributed by atoms with E-state index in [0.29, 0.717) is 0 Å². The van der Waals surface area contributed by atoms with Crippen LogP contribution in [0.3, 0.4) is 0 Å². The standard InChI is InChI=1S/C19H24ClNO/c1-14(13-21-17-9-7-16(20)8-10-17)22-18-11-5-15(6-12-18)19(2,3)4/h5-12,14,21H,13H2,1-4H3/t14-/m1/s1. The molecule has 0 spiro atoms. The SMILES string of the molecule is C[C@H](CNc1ccc(Cl)cc1)Oc1ccc(C(C)(C)C)cc1. The number of hydrogen-bond donors (Lipinski definition) is 1. The van der Waals surface area contributed by atoms with Gasteiger partial charge in [0.2, 0.25) is 0 Å². The van der Waals surface area contributed by atoms with Crippen molar-refractivity contribution in [3.63, 3.8) is 0 Å². The number of benzene rings is 2. The summed E-state index contributed by atoms with van der Waals surface area (Å²) in [4.78, 5) is 0. The fourth-order valence-electron chi connectivity index (χ4n) is 2.14. The molecule has 3 heteroatoms. The van der Waals surface area contributed by atoms with Crippen LogP contribution < -0.4 is 10.1 Å². The summed E-state index contributed by atoms with van der Waals surface area (Å²) >= 11 is 5.87. The molecule has 118 valence electrons. The lowest BCUT2D eigenvalue weighted by molar-refractivity contribution is 0.234. The second-order valence-corrected chi connectivity index (χ2v) is 7.03. The molecule has 0 aliphatic carbocycles. The van der Waals surface area contributed by atoms with Crippen molar-refractivity contribution in [2.24, 2.45) is 0 Å². The third-order valence-electron chi connectivity index (χ3n) is 3.50. The highest BCUT2D eigenvalue weighted by Crippen LogP contribution is 2.24. The number of anilines is 1. The molecule has 1 atom stereocenters. The fraction of sp³-hybridized carbons (Fsp3) is 0.368. The predicted octanol–water partition coefficient (Wildman–Crippen LogP) is 5.52. The van der Waals surface area contributed by atoms with Gasteiger partial charge in [-0.15, -0.1) is 0 Å². The number of rotatable bonds is 5. The van der Waals surface area contributed by atoms with Crippen molar-refractivity contribution in [1.29, 1.82) is 0 Å². The normalized spacial score (nSPS) is 12.8. The maximum absolute atomic E-state index is 5.94. The van der Waals surface area contributed by atoms with E-state index in [9.17, 15) is 0 Å². The zero-order valence-corrected chi connectivity index (χ0v) is 14.4. The summed E-state index contributed by atoms with van der Waals surface area (Å²) in [6, 6.07) is 16.0. The minimum absolute atomic E-state index is 0.0798. The second-order valence-electron chi connectivity index (χ2n) is 6.59. The molecule has 2 aromatic rings. The number of nitrogens with one attached hydrogen (secondary N) is 1. The summed E-state index contributed by atoms with van der Waals surface area (Å²) in [5.41, 5.74) is 2.52. The first-order valence-electron chi connectivity index (χ1n) is 7.61. The maximum Gasteiger partial charge on any atom is 0.119 e. The fourth-order valence-corrected chi connectivity index (χ4v) is 2.26. The van der Waals surface area contributed by atoms with E-state index in [1.165, 1.54) is 5.56 Å². The first kappa shape index (κ1) is 16.7. The van der Waals surface area contributed by atoms with Crippen molar-refractivity contribution in [3.05, 3.63) is 59.1 Å². The first-order valence-corrected chi connectivity index (χ1v) is 7.99. The molecule has 0 heterocycles. The molecule has 0 saturated heterocycles. The van der Waals surface area contributed by atoms with E-state index in [-0.39, 0.29) is 11.5 Å². The van der Waals surface area contributed by atoms with Gasteiger partial charge in [0.15, 0.2) is 0 Å². The molecule has 0 bridgehead atoms. The molecule has 2 nitrogen and oxygen atoms in total. The predicted molar refractivity (Wildman–Crippen MR) is 95.2 cm³/mol. The molecule has 1 N–H and O–H groups in total. The molecule has 2 rings (SSSR count). The van der Waals surface area contributed by atoms with E-state index in [4.69, 9.17) is 16.3 Å². The highest BCUT2D eigenvalue weighted by atomic mass is 35.5. The highest BCUT2D eigenvalue weighted by Gasteiger charge is 2.13. The molecule has 0 amide bonds. The molecule has 0 saturated carbocycles. The lowest BCUT2D eigenvalue weighted by atomic mass is 9.87. The molecule has 0 radical (unpaired) electrons. The minimum atomic E-state index is 0.0798. The van der Waals surface area contributed by atoms with Crippen LogP contribution in [-0.4, -0.2) is 12.6 Å². The van der Waals surface area contributed by atoms with E-state index >= 15 is 0 Å². The van der Waals surface area contributed by atoms with Gasteiger partial charge in [-0.2, -0.15) is 0 Å². The van der Waals surface area contributed by atoms with Gasteiger partial charge in [-0.25, -0.2) is 0 Å². The van der Waals surface area contributed by atoms with Crippen molar-refractivity contribution in [2.45, 2.75) is 39.2 Å². The molecular weight excluding hydrogens is 294 g/mol. The van der Waals surface area contributed by atoms with Gasteiger partial charge in [-0.05, 0) is 54.3 Å². The summed E-state index contributed by atoms with van der Waals surface area (Å²) in [6.45, 7) is 9.42. The van der Waals surface area contributed by atoms with Crippen LogP contribution in [0.1, 0.15) is 33.3 Å². The number of hydrogen-bond acceptors (Lipinski definition) is 2. The van der Waals surface area contributed by atoms with Crippen LogP contribution >= 0.6 is 11.6 Å². The second kappa shape index (κ2) is 7.06. The lowest BCUT2D eigenvalue weighted by Crippen LogP contribution is -2.22. The maximum atomic E-state index is 5.94. The van der Waals surface area contributed by atoms with Crippen molar-refractivity contribution in [2.75, 3.05) is 11.9 Å². The number of ether oxygens (including phenoxy) is 1. The van der Waals surface area contributed by atoms with Gasteiger partial charge in [0, 0.05) is 10.7 Å². The number of halogens is 1. The Bertz CT molecular complexity index is 584. The zero-order chi connectivity index (χ0) is 16.2. The average Bonchev–Trinajstić information content (AvgIpc) is 2.46. The Morgan fingerprint density at radius 1 is 1.00 bits per heavy atom. The third-order valence-corrected chi connectivity index (χ3v) is 3.75. The van der Waals surface area contributed by atoms with Crippen LogP contribution in [-0.2, 0) is 5.41 Å². The third kappa shape index (κ3) is 4.96. The molecule has 0 aliphatic rings. The van der Waals surface area contributed by atoms with Gasteiger partial charge < -0.3 is 10.1 Å². The summed E-state index contributed by atoms with van der Waals surface area (Å²) in [5.74, 6) is 0.901. The van der Waals surface area contributed by atoms with Gasteiger partial charge >= 0.3 is 0 Å². The van der Waals surface area contributed by atoms with Crippen LogP contribution in [0.15, 0.2) is 48.5 Å². The monoisotopic (exact) mass is 317 g/mol. The van der Waals surface area contributed by atoms with Crippen LogP contribution in [0.2, 0.25) is 5.02 Å².